The largest absolute Gasteiger partial charge is 0.385 e. The molecule has 0 spiro atoms. The molecule has 1 fully saturated rings. The minimum Gasteiger partial charge on any atom is -0.385 e. The zero-order chi connectivity index (χ0) is 13.7. The van der Waals surface area contributed by atoms with E-state index in [0.717, 1.165) is 24.2 Å². The Labute approximate surface area is 114 Å². The van der Waals surface area contributed by atoms with Gasteiger partial charge in [0.1, 0.15) is 0 Å². The molecule has 0 saturated carbocycles. The monoisotopic (exact) mass is 262 g/mol. The van der Waals surface area contributed by atoms with E-state index in [4.69, 9.17) is 4.74 Å². The van der Waals surface area contributed by atoms with E-state index < -0.39 is 0 Å². The number of carbonyl (C=O) groups is 1. The molecule has 1 aliphatic rings. The number of amides is 1. The second kappa shape index (κ2) is 6.57. The molecule has 0 aromatic heterocycles. The van der Waals surface area contributed by atoms with Gasteiger partial charge in [0.05, 0.1) is 24.8 Å². The third-order valence-corrected chi connectivity index (χ3v) is 3.48. The minimum absolute atomic E-state index is 0.103. The molecule has 0 radical (unpaired) electrons. The van der Waals surface area contributed by atoms with Crippen LogP contribution in [0.3, 0.4) is 0 Å². The number of ether oxygens (including phenoxy) is 1. The van der Waals surface area contributed by atoms with Crippen molar-refractivity contribution in [3.05, 3.63) is 29.8 Å². The fourth-order valence-electron chi connectivity index (χ4n) is 2.43. The maximum Gasteiger partial charge on any atom is 0.256 e. The van der Waals surface area contributed by atoms with E-state index in [2.05, 4.69) is 12.2 Å². The van der Waals surface area contributed by atoms with Gasteiger partial charge in [0.25, 0.3) is 5.91 Å². The van der Waals surface area contributed by atoms with Crippen LogP contribution >= 0.6 is 0 Å². The van der Waals surface area contributed by atoms with Crippen molar-refractivity contribution in [3.8, 4) is 0 Å². The Hall–Kier alpha value is -1.55. The van der Waals surface area contributed by atoms with Crippen molar-refractivity contribution >= 4 is 11.6 Å². The van der Waals surface area contributed by atoms with Crippen LogP contribution in [0.2, 0.25) is 0 Å². The van der Waals surface area contributed by atoms with Crippen molar-refractivity contribution in [1.82, 2.24) is 4.90 Å². The van der Waals surface area contributed by atoms with Crippen molar-refractivity contribution in [2.45, 2.75) is 26.3 Å². The molecule has 1 aromatic rings. The average molecular weight is 262 g/mol. The van der Waals surface area contributed by atoms with Crippen LogP contribution in [0.1, 0.15) is 30.6 Å². The van der Waals surface area contributed by atoms with Crippen molar-refractivity contribution in [2.75, 3.05) is 31.6 Å². The first kappa shape index (κ1) is 13.9. The van der Waals surface area contributed by atoms with Crippen LogP contribution in [0, 0.1) is 0 Å². The lowest BCUT2D eigenvalue weighted by Gasteiger charge is -2.35. The summed E-state index contributed by atoms with van der Waals surface area (Å²) in [6.45, 7) is 6.89. The Morgan fingerprint density at radius 3 is 2.95 bits per heavy atom. The smallest absolute Gasteiger partial charge is 0.256 e. The summed E-state index contributed by atoms with van der Waals surface area (Å²) in [5.41, 5.74) is 1.67. The predicted molar refractivity (Wildman–Crippen MR) is 76.5 cm³/mol. The third kappa shape index (κ3) is 3.07. The molecule has 4 nitrogen and oxygen atoms in total. The number of nitrogens with one attached hydrogen (secondary N) is 1. The van der Waals surface area contributed by atoms with Gasteiger partial charge in [-0.05, 0) is 25.5 Å². The molecule has 1 aromatic carbocycles. The quantitative estimate of drug-likeness (QED) is 0.905. The molecule has 19 heavy (non-hydrogen) atoms. The highest BCUT2D eigenvalue weighted by Crippen LogP contribution is 2.20. The highest BCUT2D eigenvalue weighted by Gasteiger charge is 2.27. The molecular weight excluding hydrogens is 240 g/mol. The van der Waals surface area contributed by atoms with Crippen molar-refractivity contribution in [2.24, 2.45) is 0 Å². The van der Waals surface area contributed by atoms with Gasteiger partial charge in [-0.15, -0.1) is 0 Å². The second-order valence-electron chi connectivity index (χ2n) is 4.71. The SMILES string of the molecule is CCNc1ccccc1C(=O)N1CCOCC1CC. The topological polar surface area (TPSA) is 41.6 Å². The highest BCUT2D eigenvalue weighted by molar-refractivity contribution is 5.99. The van der Waals surface area contributed by atoms with Crippen LogP contribution in [-0.2, 0) is 4.74 Å². The van der Waals surface area contributed by atoms with Gasteiger partial charge >= 0.3 is 0 Å². The van der Waals surface area contributed by atoms with Crippen molar-refractivity contribution < 1.29 is 9.53 Å². The Morgan fingerprint density at radius 1 is 1.42 bits per heavy atom. The number of benzene rings is 1. The summed E-state index contributed by atoms with van der Waals surface area (Å²) >= 11 is 0. The molecule has 0 bridgehead atoms. The summed E-state index contributed by atoms with van der Waals surface area (Å²) in [5, 5.41) is 3.25. The van der Waals surface area contributed by atoms with E-state index >= 15 is 0 Å². The van der Waals surface area contributed by atoms with E-state index in [0.29, 0.717) is 19.8 Å². The first-order chi connectivity index (χ1) is 9.27. The summed E-state index contributed by atoms with van der Waals surface area (Å²) in [5.74, 6) is 0.103. The standard InChI is InChI=1S/C15H22N2O2/c1-3-12-11-19-10-9-17(12)15(18)13-7-5-6-8-14(13)16-4-2/h5-8,12,16H,3-4,9-11H2,1-2H3. The zero-order valence-corrected chi connectivity index (χ0v) is 11.7. The molecule has 104 valence electrons. The number of nitrogens with zero attached hydrogens (tertiary/aromatic N) is 1. The molecule has 1 aliphatic heterocycles. The summed E-state index contributed by atoms with van der Waals surface area (Å²) in [4.78, 5) is 14.6. The Kier molecular flexibility index (Phi) is 4.80. The molecule has 0 aliphatic carbocycles. The van der Waals surface area contributed by atoms with Gasteiger partial charge in [0.2, 0.25) is 0 Å². The van der Waals surface area contributed by atoms with Crippen LogP contribution < -0.4 is 5.32 Å². The van der Waals surface area contributed by atoms with Gasteiger partial charge in [-0.3, -0.25) is 4.79 Å². The second-order valence-corrected chi connectivity index (χ2v) is 4.71. The maximum atomic E-state index is 12.7. The first-order valence-corrected chi connectivity index (χ1v) is 6.99. The summed E-state index contributed by atoms with van der Waals surface area (Å²) < 4.78 is 5.46. The lowest BCUT2D eigenvalue weighted by molar-refractivity contribution is -0.00274. The van der Waals surface area contributed by atoms with Crippen LogP contribution in [-0.4, -0.2) is 43.2 Å². The number of anilines is 1. The molecule has 1 atom stereocenters. The number of rotatable bonds is 4. The molecule has 1 heterocycles. The number of hydrogen-bond acceptors (Lipinski definition) is 3. The molecule has 1 unspecified atom stereocenters. The maximum absolute atomic E-state index is 12.7. The summed E-state index contributed by atoms with van der Waals surface area (Å²) in [6.07, 6.45) is 0.926. The lowest BCUT2D eigenvalue weighted by atomic mass is 10.1. The molecular formula is C15H22N2O2. The fourth-order valence-corrected chi connectivity index (χ4v) is 2.43. The minimum atomic E-state index is 0.103. The van der Waals surface area contributed by atoms with Crippen LogP contribution in [0.5, 0.6) is 0 Å². The van der Waals surface area contributed by atoms with Gasteiger partial charge in [0, 0.05) is 18.8 Å². The third-order valence-electron chi connectivity index (χ3n) is 3.48. The number of morpholine rings is 1. The van der Waals surface area contributed by atoms with Gasteiger partial charge in [-0.1, -0.05) is 19.1 Å². The number of carbonyl (C=O) groups excluding carboxylic acids is 1. The van der Waals surface area contributed by atoms with E-state index in [1.807, 2.05) is 36.1 Å². The lowest BCUT2D eigenvalue weighted by Crippen LogP contribution is -2.48. The summed E-state index contributed by atoms with van der Waals surface area (Å²) in [6, 6.07) is 7.90. The zero-order valence-electron chi connectivity index (χ0n) is 11.7. The van der Waals surface area contributed by atoms with Crippen LogP contribution in [0.15, 0.2) is 24.3 Å². The van der Waals surface area contributed by atoms with E-state index in [1.54, 1.807) is 0 Å². The van der Waals surface area contributed by atoms with E-state index in [1.165, 1.54) is 0 Å². The average Bonchev–Trinajstić information content (AvgIpc) is 2.47. The van der Waals surface area contributed by atoms with E-state index in [-0.39, 0.29) is 11.9 Å². The first-order valence-electron chi connectivity index (χ1n) is 6.99. The predicted octanol–water partition coefficient (Wildman–Crippen LogP) is 2.37. The summed E-state index contributed by atoms with van der Waals surface area (Å²) in [7, 11) is 0. The number of hydrogen-bond donors (Lipinski definition) is 1. The van der Waals surface area contributed by atoms with Gasteiger partial charge in [0.15, 0.2) is 0 Å². The molecule has 1 saturated heterocycles. The molecule has 4 heteroatoms. The Balaban J connectivity index is 2.22. The van der Waals surface area contributed by atoms with Crippen molar-refractivity contribution in [1.29, 1.82) is 0 Å². The van der Waals surface area contributed by atoms with E-state index in [9.17, 15) is 4.79 Å². The van der Waals surface area contributed by atoms with Crippen molar-refractivity contribution in [3.63, 3.8) is 0 Å². The fraction of sp³-hybridized carbons (Fsp3) is 0.533. The molecule has 1 N–H and O–H groups in total. The van der Waals surface area contributed by atoms with Gasteiger partial charge in [-0.2, -0.15) is 0 Å². The van der Waals surface area contributed by atoms with Gasteiger partial charge < -0.3 is 15.0 Å². The Bertz CT molecular complexity index is 434. The molecule has 2 rings (SSSR count). The normalized spacial score (nSPS) is 19.3. The molecule has 1 amide bonds. The number of para-hydroxylation sites is 1. The Morgan fingerprint density at radius 2 is 2.21 bits per heavy atom. The van der Waals surface area contributed by atoms with Gasteiger partial charge in [-0.25, -0.2) is 0 Å². The highest BCUT2D eigenvalue weighted by atomic mass is 16.5. The van der Waals surface area contributed by atoms with Crippen LogP contribution in [0.25, 0.3) is 0 Å². The van der Waals surface area contributed by atoms with Crippen LogP contribution in [0.4, 0.5) is 5.69 Å².